The van der Waals surface area contributed by atoms with Crippen LogP contribution in [0, 0.1) is 0 Å². The van der Waals surface area contributed by atoms with Crippen molar-refractivity contribution in [2.75, 3.05) is 19.0 Å². The Morgan fingerprint density at radius 2 is 1.73 bits per heavy atom. The number of esters is 1. The third-order valence-corrected chi connectivity index (χ3v) is 8.75. The van der Waals surface area contributed by atoms with Gasteiger partial charge in [0.05, 0.1) is 18.6 Å². The molecule has 0 radical (unpaired) electrons. The summed E-state index contributed by atoms with van der Waals surface area (Å²) in [5.41, 5.74) is 0.0972. The Morgan fingerprint density at radius 3 is 2.41 bits per heavy atom. The van der Waals surface area contributed by atoms with Gasteiger partial charge in [-0.15, -0.1) is 11.8 Å². The Labute approximate surface area is 238 Å². The van der Waals surface area contributed by atoms with E-state index < -0.39 is 62.4 Å². The molecule has 216 valence electrons. The molecule has 2 atom stereocenters. The van der Waals surface area contributed by atoms with Gasteiger partial charge in [0.15, 0.2) is 0 Å². The molecule has 0 spiro atoms. The van der Waals surface area contributed by atoms with E-state index in [9.17, 15) is 37.5 Å². The maximum absolute atomic E-state index is 12.9. The van der Waals surface area contributed by atoms with Gasteiger partial charge in [-0.25, -0.2) is 27.5 Å². The Kier molecular flexibility index (Phi) is 8.98. The van der Waals surface area contributed by atoms with E-state index in [-0.39, 0.29) is 36.0 Å². The largest absolute Gasteiger partial charge is 0.477 e. The number of fused-ring (bicyclic) bond motifs is 1. The highest BCUT2D eigenvalue weighted by atomic mass is 32.2. The lowest BCUT2D eigenvalue weighted by Crippen LogP contribution is -2.70. The van der Waals surface area contributed by atoms with E-state index in [1.54, 1.807) is 29.0 Å². The van der Waals surface area contributed by atoms with Crippen molar-refractivity contribution in [1.82, 2.24) is 14.9 Å². The molecule has 41 heavy (non-hydrogen) atoms. The second-order valence-corrected chi connectivity index (χ2v) is 11.5. The summed E-state index contributed by atoms with van der Waals surface area (Å²) < 4.78 is 36.8. The molecular formula is C26H25N3O10S2. The monoisotopic (exact) mass is 603 g/mol. The number of nitrogens with zero attached hydrogens (tertiary/aromatic N) is 1. The molecule has 0 bridgehead atoms. The fourth-order valence-electron chi connectivity index (χ4n) is 4.23. The van der Waals surface area contributed by atoms with Gasteiger partial charge in [0.25, 0.3) is 15.9 Å². The number of rotatable bonds is 10. The van der Waals surface area contributed by atoms with Gasteiger partial charge in [0, 0.05) is 11.3 Å². The Balaban J connectivity index is 1.45. The normalized spacial score (nSPS) is 18.1. The number of β-lactam (4-membered cyclic amide) rings is 1. The summed E-state index contributed by atoms with van der Waals surface area (Å²) in [6, 6.07) is 13.0. The van der Waals surface area contributed by atoms with Crippen LogP contribution in [0.3, 0.4) is 0 Å². The van der Waals surface area contributed by atoms with Gasteiger partial charge < -0.3 is 19.9 Å². The van der Waals surface area contributed by atoms with Gasteiger partial charge in [-0.05, 0) is 24.6 Å². The molecule has 0 aliphatic carbocycles. The first-order valence-corrected chi connectivity index (χ1v) is 14.8. The van der Waals surface area contributed by atoms with Crippen molar-refractivity contribution >= 4 is 51.6 Å². The predicted octanol–water partition coefficient (Wildman–Crippen LogP) is 1.26. The summed E-state index contributed by atoms with van der Waals surface area (Å²) in [5, 5.41) is 11.8. The fraction of sp³-hybridized carbons (Fsp3) is 0.269. The van der Waals surface area contributed by atoms with Crippen molar-refractivity contribution in [3.05, 3.63) is 77.0 Å². The standard InChI is InChI=1S/C26H25N3O10S2/c1-2-38-26(35)28-41(36,37)18-11-7-6-10-17(18)25(34)39-13-16-14-40-23-20(22(31)29(23)21(16)24(32)33)27-19(30)12-15-8-4-3-5-9-15/h3-11,20,23H,2,12-14H2,1H3,(H,27,30)(H,28,35)(H,32,33)/t20-,23+/m1/s1. The first-order chi connectivity index (χ1) is 19.5. The second kappa shape index (κ2) is 12.4. The average molecular weight is 604 g/mol. The number of aliphatic carboxylic acids is 1. The van der Waals surface area contributed by atoms with Crippen LogP contribution in [0.2, 0.25) is 0 Å². The summed E-state index contributed by atoms with van der Waals surface area (Å²) in [4.78, 5) is 62.4. The van der Waals surface area contributed by atoms with E-state index >= 15 is 0 Å². The number of thioether (sulfide) groups is 1. The van der Waals surface area contributed by atoms with Gasteiger partial charge in [0.2, 0.25) is 5.91 Å². The molecule has 0 unspecified atom stereocenters. The zero-order valence-corrected chi connectivity index (χ0v) is 23.2. The van der Waals surface area contributed by atoms with Crippen LogP contribution >= 0.6 is 11.8 Å². The molecule has 1 saturated heterocycles. The molecule has 2 aliphatic heterocycles. The number of nitrogens with one attached hydrogen (secondary N) is 2. The smallest absolute Gasteiger partial charge is 0.421 e. The number of carbonyl (C=O) groups is 5. The van der Waals surface area contributed by atoms with Crippen LogP contribution in [0.15, 0.2) is 70.8 Å². The highest BCUT2D eigenvalue weighted by Gasteiger charge is 2.54. The number of carbonyl (C=O) groups excluding carboxylic acids is 4. The van der Waals surface area contributed by atoms with Crippen molar-refractivity contribution in [3.8, 4) is 0 Å². The van der Waals surface area contributed by atoms with Crippen molar-refractivity contribution in [3.63, 3.8) is 0 Å². The maximum atomic E-state index is 12.9. The molecule has 2 heterocycles. The molecule has 2 aromatic rings. The van der Waals surface area contributed by atoms with Crippen LogP contribution in [0.25, 0.3) is 0 Å². The van der Waals surface area contributed by atoms with E-state index in [0.29, 0.717) is 0 Å². The van der Waals surface area contributed by atoms with Crippen LogP contribution in [0.4, 0.5) is 4.79 Å². The summed E-state index contributed by atoms with van der Waals surface area (Å²) in [6.45, 7) is 0.860. The number of carboxylic acids is 1. The van der Waals surface area contributed by atoms with Crippen LogP contribution in [-0.2, 0) is 40.3 Å². The molecule has 13 nitrogen and oxygen atoms in total. The van der Waals surface area contributed by atoms with E-state index in [4.69, 9.17) is 4.74 Å². The van der Waals surface area contributed by atoms with Crippen LogP contribution in [0.5, 0.6) is 0 Å². The first-order valence-electron chi connectivity index (χ1n) is 12.2. The van der Waals surface area contributed by atoms with Crippen molar-refractivity contribution in [2.24, 2.45) is 0 Å². The highest BCUT2D eigenvalue weighted by molar-refractivity contribution is 8.00. The number of sulfonamides is 1. The number of hydrogen-bond acceptors (Lipinski definition) is 10. The van der Waals surface area contributed by atoms with E-state index in [1.807, 2.05) is 6.07 Å². The molecule has 2 aliphatic rings. The molecule has 4 rings (SSSR count). The van der Waals surface area contributed by atoms with Gasteiger partial charge in [0.1, 0.15) is 28.6 Å². The van der Waals surface area contributed by atoms with Crippen molar-refractivity contribution < 1.29 is 47.0 Å². The van der Waals surface area contributed by atoms with Crippen LogP contribution in [-0.4, -0.2) is 78.7 Å². The zero-order valence-electron chi connectivity index (χ0n) is 21.6. The molecule has 0 saturated carbocycles. The van der Waals surface area contributed by atoms with Gasteiger partial charge >= 0.3 is 18.0 Å². The molecule has 15 heteroatoms. The molecule has 3 N–H and O–H groups in total. The van der Waals surface area contributed by atoms with Crippen molar-refractivity contribution in [2.45, 2.75) is 29.7 Å². The second-order valence-electron chi connectivity index (χ2n) is 8.77. The van der Waals surface area contributed by atoms with E-state index in [1.165, 1.54) is 36.9 Å². The Morgan fingerprint density at radius 1 is 1.05 bits per heavy atom. The fourth-order valence-corrected chi connectivity index (χ4v) is 6.64. The number of benzene rings is 2. The quantitative estimate of drug-likeness (QED) is 0.262. The molecular weight excluding hydrogens is 578 g/mol. The molecule has 2 aromatic carbocycles. The van der Waals surface area contributed by atoms with Gasteiger partial charge in [-0.1, -0.05) is 42.5 Å². The zero-order chi connectivity index (χ0) is 29.7. The lowest BCUT2D eigenvalue weighted by molar-refractivity contribution is -0.150. The number of carboxylic acid groups (broad SMARTS) is 1. The third-order valence-electron chi connectivity index (χ3n) is 6.04. The highest BCUT2D eigenvalue weighted by Crippen LogP contribution is 2.40. The minimum Gasteiger partial charge on any atom is -0.477 e. The maximum Gasteiger partial charge on any atom is 0.421 e. The summed E-state index contributed by atoms with van der Waals surface area (Å²) in [7, 11) is -4.50. The first kappa shape index (κ1) is 29.6. The lowest BCUT2D eigenvalue weighted by atomic mass is 10.0. The van der Waals surface area contributed by atoms with Crippen LogP contribution < -0.4 is 10.0 Å². The number of ether oxygens (including phenoxy) is 2. The van der Waals surface area contributed by atoms with Crippen molar-refractivity contribution in [1.29, 1.82) is 0 Å². The SMILES string of the molecule is CCOC(=O)NS(=O)(=O)c1ccccc1C(=O)OCC1=C(C(=O)O)N2C(=O)[C@@H](NC(=O)Cc3ccccc3)[C@@H]2SC1. The minimum atomic E-state index is -4.50. The number of hydrogen-bond donors (Lipinski definition) is 3. The lowest BCUT2D eigenvalue weighted by Gasteiger charge is -2.49. The summed E-state index contributed by atoms with van der Waals surface area (Å²) in [5.74, 6) is -3.46. The molecule has 0 aromatic heterocycles. The summed E-state index contributed by atoms with van der Waals surface area (Å²) in [6.07, 6.45) is -1.17. The Bertz CT molecular complexity index is 1520. The van der Waals surface area contributed by atoms with E-state index in [0.717, 1.165) is 16.5 Å². The van der Waals surface area contributed by atoms with E-state index in [2.05, 4.69) is 10.1 Å². The number of amides is 3. The Hall–Kier alpha value is -4.37. The molecule has 3 amide bonds. The van der Waals surface area contributed by atoms with Crippen LogP contribution in [0.1, 0.15) is 22.8 Å². The topological polar surface area (TPSA) is 185 Å². The predicted molar refractivity (Wildman–Crippen MR) is 144 cm³/mol. The summed E-state index contributed by atoms with van der Waals surface area (Å²) >= 11 is 1.19. The average Bonchev–Trinajstić information content (AvgIpc) is 2.94. The minimum absolute atomic E-state index is 0.0529. The van der Waals surface area contributed by atoms with Gasteiger partial charge in [-0.3, -0.25) is 14.5 Å². The molecule has 1 fully saturated rings. The van der Waals surface area contributed by atoms with Gasteiger partial charge in [-0.2, -0.15) is 0 Å². The third kappa shape index (κ3) is 6.52.